The second-order valence-corrected chi connectivity index (χ2v) is 7.66. The number of rotatable bonds is 4. The van der Waals surface area contributed by atoms with Crippen molar-refractivity contribution in [3.8, 4) is 11.3 Å². The molecule has 2 aromatic heterocycles. The van der Waals surface area contributed by atoms with E-state index in [9.17, 15) is 0 Å². The fourth-order valence-electron chi connectivity index (χ4n) is 2.29. The third-order valence-corrected chi connectivity index (χ3v) is 5.25. The Bertz CT molecular complexity index is 912. The van der Waals surface area contributed by atoms with Crippen LogP contribution in [0.3, 0.4) is 0 Å². The van der Waals surface area contributed by atoms with Crippen molar-refractivity contribution < 1.29 is 0 Å². The van der Waals surface area contributed by atoms with Crippen LogP contribution >= 0.6 is 22.7 Å². The summed E-state index contributed by atoms with van der Waals surface area (Å²) in [6.45, 7) is 8.45. The number of hydrogen-bond donors (Lipinski definition) is 0. The summed E-state index contributed by atoms with van der Waals surface area (Å²) in [4.78, 5) is 5.64. The zero-order chi connectivity index (χ0) is 17.1. The van der Waals surface area contributed by atoms with E-state index in [-0.39, 0.29) is 6.04 Å². The van der Waals surface area contributed by atoms with E-state index in [4.69, 9.17) is 10.1 Å². The van der Waals surface area contributed by atoms with Gasteiger partial charge in [-0.25, -0.2) is 4.68 Å². The molecule has 0 saturated carbocycles. The van der Waals surface area contributed by atoms with E-state index in [0.29, 0.717) is 0 Å². The van der Waals surface area contributed by atoms with E-state index in [1.54, 1.807) is 22.7 Å². The molecule has 3 rings (SSSR count). The van der Waals surface area contributed by atoms with E-state index in [1.165, 1.54) is 16.7 Å². The van der Waals surface area contributed by atoms with Crippen molar-refractivity contribution in [3.63, 3.8) is 0 Å². The Morgan fingerprint density at radius 3 is 2.58 bits per heavy atom. The summed E-state index contributed by atoms with van der Waals surface area (Å²) in [6, 6.07) is 8.83. The highest BCUT2D eigenvalue weighted by Crippen LogP contribution is 2.23. The highest BCUT2D eigenvalue weighted by Gasteiger charge is 2.09. The molecule has 5 heteroatoms. The van der Waals surface area contributed by atoms with Crippen molar-refractivity contribution in [1.29, 1.82) is 0 Å². The maximum Gasteiger partial charge on any atom is 0.206 e. The maximum atomic E-state index is 4.72. The van der Waals surface area contributed by atoms with Crippen molar-refractivity contribution in [3.05, 3.63) is 61.9 Å². The zero-order valence-corrected chi connectivity index (χ0v) is 16.0. The molecule has 0 aliphatic rings. The van der Waals surface area contributed by atoms with Gasteiger partial charge in [0, 0.05) is 22.5 Å². The minimum Gasteiger partial charge on any atom is -0.255 e. The first kappa shape index (κ1) is 16.9. The molecule has 0 aliphatic carbocycles. The molecule has 0 radical (unpaired) electrons. The minimum atomic E-state index is 0.235. The lowest BCUT2D eigenvalue weighted by Gasteiger charge is -2.06. The van der Waals surface area contributed by atoms with Gasteiger partial charge in [0.05, 0.1) is 11.9 Å². The monoisotopic (exact) mass is 355 g/mol. The molecular formula is C19H21N3S2. The standard InChI is InChI=1S/C19H21N3S2/c1-13(2)21-19-22(20-10-16-7-8-23-11-16)18(12-24-19)17-6-5-14(3)15(4)9-17/h5-13H,1-4H3. The van der Waals surface area contributed by atoms with Crippen LogP contribution in [-0.4, -0.2) is 16.9 Å². The first-order valence-corrected chi connectivity index (χ1v) is 9.75. The molecule has 0 spiro atoms. The highest BCUT2D eigenvalue weighted by atomic mass is 32.1. The van der Waals surface area contributed by atoms with Crippen LogP contribution in [0.4, 0.5) is 0 Å². The lowest BCUT2D eigenvalue weighted by molar-refractivity contribution is 0.754. The van der Waals surface area contributed by atoms with Crippen LogP contribution in [0.2, 0.25) is 0 Å². The summed E-state index contributed by atoms with van der Waals surface area (Å²) in [5.41, 5.74) is 5.94. The Balaban J connectivity index is 2.12. The molecular weight excluding hydrogens is 334 g/mol. The molecule has 0 N–H and O–H groups in total. The van der Waals surface area contributed by atoms with Crippen LogP contribution in [0.1, 0.15) is 30.5 Å². The van der Waals surface area contributed by atoms with Gasteiger partial charge in [-0.3, -0.25) is 4.99 Å². The Morgan fingerprint density at radius 1 is 1.08 bits per heavy atom. The van der Waals surface area contributed by atoms with E-state index in [1.807, 2.05) is 10.9 Å². The molecule has 0 unspecified atom stereocenters. The Morgan fingerprint density at radius 2 is 1.92 bits per heavy atom. The van der Waals surface area contributed by atoms with Crippen molar-refractivity contribution in [2.75, 3.05) is 0 Å². The van der Waals surface area contributed by atoms with Crippen LogP contribution < -0.4 is 4.80 Å². The van der Waals surface area contributed by atoms with Crippen LogP contribution in [0.15, 0.2) is 50.5 Å². The molecule has 0 amide bonds. The quantitative estimate of drug-likeness (QED) is 0.584. The Hall–Kier alpha value is -1.98. The number of benzene rings is 1. The van der Waals surface area contributed by atoms with Gasteiger partial charge in [-0.05, 0) is 61.7 Å². The Kier molecular flexibility index (Phi) is 5.11. The van der Waals surface area contributed by atoms with Gasteiger partial charge in [0.2, 0.25) is 4.80 Å². The van der Waals surface area contributed by atoms with Crippen LogP contribution in [-0.2, 0) is 0 Å². The fourth-order valence-corrected chi connectivity index (χ4v) is 3.87. The van der Waals surface area contributed by atoms with E-state index >= 15 is 0 Å². The number of nitrogens with zero attached hydrogens (tertiary/aromatic N) is 3. The number of thiazole rings is 1. The molecule has 24 heavy (non-hydrogen) atoms. The third-order valence-electron chi connectivity index (χ3n) is 3.72. The Labute approximate surface area is 150 Å². The lowest BCUT2D eigenvalue weighted by Crippen LogP contribution is -2.14. The van der Waals surface area contributed by atoms with Crippen molar-refractivity contribution >= 4 is 28.9 Å². The topological polar surface area (TPSA) is 29.6 Å². The largest absolute Gasteiger partial charge is 0.255 e. The second-order valence-electron chi connectivity index (χ2n) is 6.04. The third kappa shape index (κ3) is 3.74. The van der Waals surface area contributed by atoms with Gasteiger partial charge >= 0.3 is 0 Å². The smallest absolute Gasteiger partial charge is 0.206 e. The van der Waals surface area contributed by atoms with E-state index in [0.717, 1.165) is 16.1 Å². The molecule has 0 bridgehead atoms. The van der Waals surface area contributed by atoms with Crippen molar-refractivity contribution in [2.24, 2.45) is 10.1 Å². The summed E-state index contributed by atoms with van der Waals surface area (Å²) in [6.07, 6.45) is 1.90. The number of hydrogen-bond acceptors (Lipinski definition) is 4. The van der Waals surface area contributed by atoms with E-state index in [2.05, 4.69) is 68.1 Å². The molecule has 2 heterocycles. The van der Waals surface area contributed by atoms with E-state index < -0.39 is 0 Å². The normalized spacial score (nSPS) is 12.6. The van der Waals surface area contributed by atoms with Gasteiger partial charge in [-0.2, -0.15) is 16.4 Å². The highest BCUT2D eigenvalue weighted by molar-refractivity contribution is 7.08. The molecule has 0 fully saturated rings. The first-order chi connectivity index (χ1) is 11.5. The van der Waals surface area contributed by atoms with Gasteiger partial charge in [-0.1, -0.05) is 12.1 Å². The second kappa shape index (κ2) is 7.28. The van der Waals surface area contributed by atoms with Gasteiger partial charge in [0.1, 0.15) is 0 Å². The molecule has 3 aromatic rings. The average molecular weight is 356 g/mol. The summed E-state index contributed by atoms with van der Waals surface area (Å²) < 4.78 is 1.95. The molecule has 124 valence electrons. The zero-order valence-electron chi connectivity index (χ0n) is 14.4. The first-order valence-electron chi connectivity index (χ1n) is 7.93. The van der Waals surface area contributed by atoms with Crippen LogP contribution in [0.5, 0.6) is 0 Å². The number of aromatic nitrogens is 1. The molecule has 1 aromatic carbocycles. The summed E-state index contributed by atoms with van der Waals surface area (Å²) in [5, 5.41) is 11.0. The fraction of sp³-hybridized carbons (Fsp3) is 0.263. The summed E-state index contributed by atoms with van der Waals surface area (Å²) in [7, 11) is 0. The predicted octanol–water partition coefficient (Wildman–Crippen LogP) is 5.09. The van der Waals surface area contributed by atoms with Gasteiger partial charge in [0.25, 0.3) is 0 Å². The predicted molar refractivity (Wildman–Crippen MR) is 105 cm³/mol. The van der Waals surface area contributed by atoms with Crippen molar-refractivity contribution in [2.45, 2.75) is 33.7 Å². The summed E-state index contributed by atoms with van der Waals surface area (Å²) >= 11 is 3.31. The number of thiophene rings is 1. The number of aryl methyl sites for hydroxylation is 2. The van der Waals surface area contributed by atoms with Crippen LogP contribution in [0.25, 0.3) is 11.3 Å². The maximum absolute atomic E-state index is 4.72. The lowest BCUT2D eigenvalue weighted by atomic mass is 10.1. The molecule has 0 atom stereocenters. The molecule has 0 saturated heterocycles. The van der Waals surface area contributed by atoms with Gasteiger partial charge in [0.15, 0.2) is 0 Å². The van der Waals surface area contributed by atoms with Gasteiger partial charge in [-0.15, -0.1) is 11.3 Å². The van der Waals surface area contributed by atoms with Crippen molar-refractivity contribution in [1.82, 2.24) is 4.68 Å². The summed E-state index contributed by atoms with van der Waals surface area (Å²) in [5.74, 6) is 0. The average Bonchev–Trinajstić information content (AvgIpc) is 3.17. The molecule has 0 aliphatic heterocycles. The van der Waals surface area contributed by atoms with Gasteiger partial charge < -0.3 is 0 Å². The minimum absolute atomic E-state index is 0.235. The van der Waals surface area contributed by atoms with Crippen LogP contribution in [0, 0.1) is 13.8 Å². The molecule has 3 nitrogen and oxygen atoms in total. The SMILES string of the molecule is Cc1ccc(-c2csc(=NC(C)C)n2N=Cc2ccsc2)cc1C.